The Bertz CT molecular complexity index is 1390. The zero-order valence-corrected chi connectivity index (χ0v) is 24.8. The summed E-state index contributed by atoms with van der Waals surface area (Å²) in [6.45, 7) is 8.26. The van der Waals surface area contributed by atoms with E-state index in [1.807, 2.05) is 22.6 Å². The normalized spacial score (nSPS) is 28.9. The third-order valence-corrected chi connectivity index (χ3v) is 10.2. The van der Waals surface area contributed by atoms with E-state index < -0.39 is 6.04 Å². The van der Waals surface area contributed by atoms with Gasteiger partial charge in [0.1, 0.15) is 6.54 Å². The standard InChI is InChI=1S/C33H44N4O4/c1-4-28(39)27-16-33-17-29(33)37(27)31(41)19-36-18-26(22(3)38)25-15-24(35-11-7-8-12-35)14-23(32(25)36)10-6-5-9-21(2)13-30(40)34-20-33/h14-15,18,21,27,29H,4-13,16-17,19-20H2,1-3H3,(H,34,40)/t21-,27-,29+,33-/m0/s1. The van der Waals surface area contributed by atoms with E-state index in [2.05, 4.69) is 29.3 Å². The molecule has 1 aromatic carbocycles. The van der Waals surface area contributed by atoms with Gasteiger partial charge in [-0.3, -0.25) is 19.2 Å². The predicted molar refractivity (Wildman–Crippen MR) is 159 cm³/mol. The van der Waals surface area contributed by atoms with E-state index in [0.717, 1.165) is 61.8 Å². The average Bonchev–Trinajstić information content (AvgIpc) is 3.31. The van der Waals surface area contributed by atoms with Crippen molar-refractivity contribution in [3.8, 4) is 0 Å². The van der Waals surface area contributed by atoms with Gasteiger partial charge in [0.2, 0.25) is 11.8 Å². The molecule has 0 unspecified atom stereocenters. The molecule has 2 aromatic rings. The molecule has 8 heteroatoms. The molecule has 1 aromatic heterocycles. The molecule has 3 aliphatic heterocycles. The Morgan fingerprint density at radius 2 is 1.85 bits per heavy atom. The molecule has 2 saturated heterocycles. The number of hydrogen-bond acceptors (Lipinski definition) is 5. The van der Waals surface area contributed by atoms with Crippen LogP contribution in [0.1, 0.15) is 94.5 Å². The number of piperidine rings is 1. The summed E-state index contributed by atoms with van der Waals surface area (Å²) < 4.78 is 1.98. The Morgan fingerprint density at radius 3 is 2.59 bits per heavy atom. The third kappa shape index (κ3) is 5.19. The Kier molecular flexibility index (Phi) is 7.45. The molecule has 6 rings (SSSR count). The Labute approximate surface area is 242 Å². The average molecular weight is 561 g/mol. The predicted octanol–water partition coefficient (Wildman–Crippen LogP) is 4.65. The van der Waals surface area contributed by atoms with Crippen LogP contribution in [0.2, 0.25) is 0 Å². The van der Waals surface area contributed by atoms with Crippen molar-refractivity contribution in [2.45, 2.75) is 104 Å². The first-order valence-electron chi connectivity index (χ1n) is 15.7. The van der Waals surface area contributed by atoms with E-state index in [1.54, 1.807) is 6.92 Å². The van der Waals surface area contributed by atoms with E-state index in [0.29, 0.717) is 37.3 Å². The van der Waals surface area contributed by atoms with Gasteiger partial charge in [-0.25, -0.2) is 0 Å². The van der Waals surface area contributed by atoms with Crippen molar-refractivity contribution >= 4 is 40.0 Å². The highest BCUT2D eigenvalue weighted by atomic mass is 16.2. The van der Waals surface area contributed by atoms with E-state index in [1.165, 1.54) is 18.4 Å². The van der Waals surface area contributed by atoms with Crippen LogP contribution in [0.15, 0.2) is 18.3 Å². The number of aryl methyl sites for hydroxylation is 1. The largest absolute Gasteiger partial charge is 0.372 e. The lowest BCUT2D eigenvalue weighted by Crippen LogP contribution is -2.44. The van der Waals surface area contributed by atoms with E-state index in [-0.39, 0.29) is 41.4 Å². The first-order chi connectivity index (χ1) is 19.7. The molecule has 1 N–H and O–H groups in total. The van der Waals surface area contributed by atoms with Gasteiger partial charge in [0.25, 0.3) is 0 Å². The van der Waals surface area contributed by atoms with Gasteiger partial charge in [-0.05, 0) is 69.1 Å². The van der Waals surface area contributed by atoms with Crippen LogP contribution in [0, 0.1) is 11.3 Å². The number of nitrogens with one attached hydrogen (secondary N) is 1. The number of anilines is 1. The summed E-state index contributed by atoms with van der Waals surface area (Å²) in [4.78, 5) is 57.0. The number of hydrogen-bond donors (Lipinski definition) is 1. The maximum atomic E-state index is 14.1. The summed E-state index contributed by atoms with van der Waals surface area (Å²) in [5.41, 5.74) is 3.74. The molecule has 4 atom stereocenters. The third-order valence-electron chi connectivity index (χ3n) is 10.2. The van der Waals surface area contributed by atoms with Gasteiger partial charge in [0.15, 0.2) is 11.6 Å². The Balaban J connectivity index is 1.42. The molecule has 4 aliphatic rings. The topological polar surface area (TPSA) is 91.7 Å². The van der Waals surface area contributed by atoms with Crippen LogP contribution in [0.25, 0.3) is 10.9 Å². The minimum Gasteiger partial charge on any atom is -0.372 e. The molecule has 3 fully saturated rings. The number of nitrogens with zero attached hydrogens (tertiary/aromatic N) is 3. The molecule has 2 amide bonds. The minimum atomic E-state index is -0.448. The summed E-state index contributed by atoms with van der Waals surface area (Å²) >= 11 is 0. The monoisotopic (exact) mass is 560 g/mol. The van der Waals surface area contributed by atoms with Crippen LogP contribution < -0.4 is 10.2 Å². The van der Waals surface area contributed by atoms with Crippen molar-refractivity contribution in [2.24, 2.45) is 11.3 Å². The summed E-state index contributed by atoms with van der Waals surface area (Å²) in [5, 5.41) is 4.08. The number of carbonyl (C=O) groups excluding carboxylic acids is 4. The van der Waals surface area contributed by atoms with Crippen molar-refractivity contribution < 1.29 is 19.2 Å². The Hall–Kier alpha value is -3.16. The van der Waals surface area contributed by atoms with Crippen molar-refractivity contribution in [3.05, 3.63) is 29.5 Å². The second-order valence-electron chi connectivity index (χ2n) is 13.2. The molecular formula is C33H44N4O4. The lowest BCUT2D eigenvalue weighted by molar-refractivity contribution is -0.139. The molecule has 0 radical (unpaired) electrons. The lowest BCUT2D eigenvalue weighted by Gasteiger charge is -2.27. The van der Waals surface area contributed by atoms with Crippen LogP contribution in [0.3, 0.4) is 0 Å². The van der Waals surface area contributed by atoms with Crippen LogP contribution >= 0.6 is 0 Å². The highest BCUT2D eigenvalue weighted by Gasteiger charge is 2.66. The van der Waals surface area contributed by atoms with E-state index >= 15 is 0 Å². The SMILES string of the molecule is CCC(=O)[C@@H]1C[C@]23CNC(=O)C[C@@H](C)CCCCc4cc(N5CCCC5)cc5c(C(C)=O)cn(c45)CC(=O)N1[C@@H]2C3. The van der Waals surface area contributed by atoms with Gasteiger partial charge >= 0.3 is 0 Å². The van der Waals surface area contributed by atoms with Crippen LogP contribution in [0.4, 0.5) is 5.69 Å². The fraction of sp³-hybridized carbons (Fsp3) is 0.636. The smallest absolute Gasteiger partial charge is 0.243 e. The zero-order valence-electron chi connectivity index (χ0n) is 24.8. The summed E-state index contributed by atoms with van der Waals surface area (Å²) in [5.74, 6) is 0.360. The van der Waals surface area contributed by atoms with Gasteiger partial charge in [0.05, 0.1) is 11.6 Å². The Morgan fingerprint density at radius 1 is 1.07 bits per heavy atom. The number of carbonyl (C=O) groups is 4. The molecule has 8 nitrogen and oxygen atoms in total. The number of ketones is 2. The van der Waals surface area contributed by atoms with Crippen LogP contribution in [0.5, 0.6) is 0 Å². The van der Waals surface area contributed by atoms with Gasteiger partial charge < -0.3 is 19.7 Å². The maximum Gasteiger partial charge on any atom is 0.243 e. The van der Waals surface area contributed by atoms with Crippen LogP contribution in [-0.2, 0) is 27.3 Å². The highest BCUT2D eigenvalue weighted by molar-refractivity contribution is 6.09. The quantitative estimate of drug-likeness (QED) is 0.550. The van der Waals surface area contributed by atoms with Crippen molar-refractivity contribution in [1.82, 2.24) is 14.8 Å². The van der Waals surface area contributed by atoms with Gasteiger partial charge in [-0.1, -0.05) is 26.7 Å². The molecule has 1 saturated carbocycles. The first-order valence-corrected chi connectivity index (χ1v) is 15.7. The van der Waals surface area contributed by atoms with Gasteiger partial charge in [-0.2, -0.15) is 0 Å². The second-order valence-corrected chi connectivity index (χ2v) is 13.2. The second kappa shape index (κ2) is 10.9. The summed E-state index contributed by atoms with van der Waals surface area (Å²) in [6, 6.07) is 3.94. The minimum absolute atomic E-state index is 0.00107. The molecular weight excluding hydrogens is 516 g/mol. The number of Topliss-reactive ketones (excluding diaryl/α,β-unsaturated/α-hetero) is 2. The van der Waals surface area contributed by atoms with E-state index in [9.17, 15) is 19.2 Å². The number of aromatic nitrogens is 1. The van der Waals surface area contributed by atoms with Crippen molar-refractivity contribution in [1.29, 1.82) is 0 Å². The summed E-state index contributed by atoms with van der Waals surface area (Å²) in [7, 11) is 0. The molecule has 2 bridgehead atoms. The molecule has 4 heterocycles. The van der Waals surface area contributed by atoms with Gasteiger partial charge in [-0.15, -0.1) is 0 Å². The van der Waals surface area contributed by atoms with Crippen molar-refractivity contribution in [3.63, 3.8) is 0 Å². The van der Waals surface area contributed by atoms with Gasteiger partial charge in [0, 0.05) is 66.8 Å². The van der Waals surface area contributed by atoms with Crippen LogP contribution in [-0.4, -0.2) is 64.6 Å². The molecule has 220 valence electrons. The fourth-order valence-corrected chi connectivity index (χ4v) is 7.82. The van der Waals surface area contributed by atoms with Crippen molar-refractivity contribution in [2.75, 3.05) is 24.5 Å². The molecule has 1 aliphatic carbocycles. The number of benzene rings is 1. The fourth-order valence-electron chi connectivity index (χ4n) is 7.82. The zero-order chi connectivity index (χ0) is 28.9. The number of amides is 2. The number of rotatable bonds is 4. The first kappa shape index (κ1) is 28.0. The lowest BCUT2D eigenvalue weighted by atomic mass is 9.95. The van der Waals surface area contributed by atoms with E-state index in [4.69, 9.17) is 0 Å². The summed E-state index contributed by atoms with van der Waals surface area (Å²) in [6.07, 6.45) is 10.3. The molecule has 0 spiro atoms. The maximum absolute atomic E-state index is 14.1. The highest BCUT2D eigenvalue weighted by Crippen LogP contribution is 2.59. The molecule has 41 heavy (non-hydrogen) atoms.